The third-order valence-electron chi connectivity index (χ3n) is 4.20. The normalized spacial score (nSPS) is 16.7. The van der Waals surface area contributed by atoms with E-state index >= 15 is 0 Å². The zero-order valence-electron chi connectivity index (χ0n) is 14.0. The summed E-state index contributed by atoms with van der Waals surface area (Å²) in [5, 5.41) is 3.00. The number of carbonyl (C=O) groups is 1. The first-order valence-electron chi connectivity index (χ1n) is 7.89. The zero-order chi connectivity index (χ0) is 17.1. The van der Waals surface area contributed by atoms with Gasteiger partial charge in [0.25, 0.3) is 5.91 Å². The fourth-order valence-electron chi connectivity index (χ4n) is 2.89. The number of benzene rings is 2. The molecule has 1 aliphatic rings. The molecule has 1 heterocycles. The second kappa shape index (κ2) is 6.83. The van der Waals surface area contributed by atoms with Crippen molar-refractivity contribution >= 4 is 5.91 Å². The highest BCUT2D eigenvalue weighted by molar-refractivity contribution is 5.83. The molecule has 0 aliphatic carbocycles. The lowest BCUT2D eigenvalue weighted by Gasteiger charge is -2.20. The molecule has 2 aromatic rings. The van der Waals surface area contributed by atoms with Crippen molar-refractivity contribution in [3.8, 4) is 17.2 Å². The molecule has 0 saturated heterocycles. The van der Waals surface area contributed by atoms with E-state index in [9.17, 15) is 4.79 Å². The van der Waals surface area contributed by atoms with Crippen molar-refractivity contribution in [1.82, 2.24) is 5.32 Å². The summed E-state index contributed by atoms with van der Waals surface area (Å²) in [5.74, 6) is 2.07. The second-order valence-corrected chi connectivity index (χ2v) is 5.76. The SMILES string of the molecule is COc1ccc(OC)c([C@H](C)NC(=O)[C@@H]2Cc3ccccc3O2)c1. The number of hydrogen-bond donors (Lipinski definition) is 1. The number of amides is 1. The Labute approximate surface area is 141 Å². The number of para-hydroxylation sites is 1. The third-order valence-corrected chi connectivity index (χ3v) is 4.20. The predicted octanol–water partition coefficient (Wildman–Crippen LogP) is 2.88. The van der Waals surface area contributed by atoms with Gasteiger partial charge in [-0.05, 0) is 36.8 Å². The molecule has 0 aromatic heterocycles. The molecule has 3 rings (SSSR count). The van der Waals surface area contributed by atoms with E-state index in [1.54, 1.807) is 14.2 Å². The number of fused-ring (bicyclic) bond motifs is 1. The van der Waals surface area contributed by atoms with Crippen molar-refractivity contribution < 1.29 is 19.0 Å². The van der Waals surface area contributed by atoms with Gasteiger partial charge in [0.15, 0.2) is 6.10 Å². The maximum Gasteiger partial charge on any atom is 0.261 e. The molecule has 0 fully saturated rings. The third kappa shape index (κ3) is 3.15. The van der Waals surface area contributed by atoms with Crippen molar-refractivity contribution in [2.45, 2.75) is 25.5 Å². The fraction of sp³-hybridized carbons (Fsp3) is 0.316. The molecule has 0 spiro atoms. The quantitative estimate of drug-likeness (QED) is 0.917. The maximum atomic E-state index is 12.5. The Morgan fingerprint density at radius 3 is 2.71 bits per heavy atom. The molecule has 1 N–H and O–H groups in total. The topological polar surface area (TPSA) is 56.8 Å². The second-order valence-electron chi connectivity index (χ2n) is 5.76. The van der Waals surface area contributed by atoms with E-state index in [-0.39, 0.29) is 11.9 Å². The molecule has 24 heavy (non-hydrogen) atoms. The molecule has 0 radical (unpaired) electrons. The van der Waals surface area contributed by atoms with Crippen LogP contribution in [0.1, 0.15) is 24.1 Å². The van der Waals surface area contributed by atoms with Crippen molar-refractivity contribution in [3.63, 3.8) is 0 Å². The lowest BCUT2D eigenvalue weighted by Crippen LogP contribution is -2.38. The predicted molar refractivity (Wildman–Crippen MR) is 90.7 cm³/mol. The Bertz CT molecular complexity index is 719. The Morgan fingerprint density at radius 1 is 1.21 bits per heavy atom. The van der Waals surface area contributed by atoms with Gasteiger partial charge >= 0.3 is 0 Å². The highest BCUT2D eigenvalue weighted by atomic mass is 16.5. The van der Waals surface area contributed by atoms with Crippen LogP contribution in [-0.4, -0.2) is 26.2 Å². The number of ether oxygens (including phenoxy) is 3. The number of nitrogens with one attached hydrogen (secondary N) is 1. The highest BCUT2D eigenvalue weighted by Gasteiger charge is 2.30. The monoisotopic (exact) mass is 327 g/mol. The van der Waals surface area contributed by atoms with Gasteiger partial charge in [0.2, 0.25) is 0 Å². The molecular formula is C19H21NO4. The summed E-state index contributed by atoms with van der Waals surface area (Å²) in [5.41, 5.74) is 1.92. The van der Waals surface area contributed by atoms with Crippen molar-refractivity contribution in [2.24, 2.45) is 0 Å². The van der Waals surface area contributed by atoms with Crippen LogP contribution in [0.25, 0.3) is 0 Å². The Kier molecular flexibility index (Phi) is 4.60. The van der Waals surface area contributed by atoms with E-state index in [0.717, 1.165) is 22.6 Å². The largest absolute Gasteiger partial charge is 0.497 e. The Balaban J connectivity index is 1.71. The molecule has 0 bridgehead atoms. The van der Waals surface area contributed by atoms with Gasteiger partial charge in [-0.3, -0.25) is 4.79 Å². The van der Waals surface area contributed by atoms with Crippen LogP contribution in [0.4, 0.5) is 0 Å². The van der Waals surface area contributed by atoms with Gasteiger partial charge < -0.3 is 19.5 Å². The smallest absolute Gasteiger partial charge is 0.261 e. The van der Waals surface area contributed by atoms with E-state index in [1.807, 2.05) is 49.4 Å². The lowest BCUT2D eigenvalue weighted by atomic mass is 10.1. The van der Waals surface area contributed by atoms with E-state index in [1.165, 1.54) is 0 Å². The number of carbonyl (C=O) groups excluding carboxylic acids is 1. The van der Waals surface area contributed by atoms with Gasteiger partial charge in [-0.15, -0.1) is 0 Å². The van der Waals surface area contributed by atoms with Gasteiger partial charge in [-0.25, -0.2) is 0 Å². The molecule has 2 atom stereocenters. The first-order chi connectivity index (χ1) is 11.6. The van der Waals surface area contributed by atoms with E-state index in [2.05, 4.69) is 5.32 Å². The summed E-state index contributed by atoms with van der Waals surface area (Å²) < 4.78 is 16.4. The fourth-order valence-corrected chi connectivity index (χ4v) is 2.89. The number of rotatable bonds is 5. The lowest BCUT2D eigenvalue weighted by molar-refractivity contribution is -0.127. The van der Waals surface area contributed by atoms with Gasteiger partial charge in [0.05, 0.1) is 20.3 Å². The average Bonchev–Trinajstić information content (AvgIpc) is 3.05. The van der Waals surface area contributed by atoms with Crippen LogP contribution in [-0.2, 0) is 11.2 Å². The number of methoxy groups -OCH3 is 2. The minimum atomic E-state index is -0.499. The Hall–Kier alpha value is -2.69. The molecule has 0 saturated carbocycles. The molecule has 126 valence electrons. The molecule has 5 heteroatoms. The highest BCUT2D eigenvalue weighted by Crippen LogP contribution is 2.31. The standard InChI is InChI=1S/C19H21NO4/c1-12(15-11-14(22-2)8-9-17(15)23-3)20-19(21)18-10-13-6-4-5-7-16(13)24-18/h4-9,11-12,18H,10H2,1-3H3,(H,20,21)/t12-,18-/m0/s1. The number of hydrogen-bond acceptors (Lipinski definition) is 4. The maximum absolute atomic E-state index is 12.5. The molecule has 1 aliphatic heterocycles. The van der Waals surface area contributed by atoms with Crippen molar-refractivity contribution in [1.29, 1.82) is 0 Å². The first-order valence-corrected chi connectivity index (χ1v) is 7.89. The van der Waals surface area contributed by atoms with Crippen LogP contribution in [0.15, 0.2) is 42.5 Å². The molecular weight excluding hydrogens is 306 g/mol. The summed E-state index contributed by atoms with van der Waals surface area (Å²) in [6.45, 7) is 1.91. The summed E-state index contributed by atoms with van der Waals surface area (Å²) >= 11 is 0. The van der Waals surface area contributed by atoms with E-state index in [0.29, 0.717) is 12.2 Å². The van der Waals surface area contributed by atoms with E-state index < -0.39 is 6.10 Å². The molecule has 0 unspecified atom stereocenters. The van der Waals surface area contributed by atoms with Crippen LogP contribution < -0.4 is 19.5 Å². The Morgan fingerprint density at radius 2 is 2.00 bits per heavy atom. The van der Waals surface area contributed by atoms with E-state index in [4.69, 9.17) is 14.2 Å². The average molecular weight is 327 g/mol. The minimum Gasteiger partial charge on any atom is -0.497 e. The van der Waals surface area contributed by atoms with Gasteiger partial charge in [0.1, 0.15) is 17.2 Å². The summed E-state index contributed by atoms with van der Waals surface area (Å²) in [6.07, 6.45) is 0.0886. The van der Waals surface area contributed by atoms with Crippen LogP contribution in [0, 0.1) is 0 Å². The van der Waals surface area contributed by atoms with Gasteiger partial charge in [-0.2, -0.15) is 0 Å². The molecule has 1 amide bonds. The van der Waals surface area contributed by atoms with Crippen molar-refractivity contribution in [3.05, 3.63) is 53.6 Å². The summed E-state index contributed by atoms with van der Waals surface area (Å²) in [4.78, 5) is 12.5. The first kappa shape index (κ1) is 16.2. The summed E-state index contributed by atoms with van der Waals surface area (Å²) in [6, 6.07) is 13.0. The van der Waals surface area contributed by atoms with Crippen molar-refractivity contribution in [2.75, 3.05) is 14.2 Å². The molecule has 5 nitrogen and oxygen atoms in total. The van der Waals surface area contributed by atoms with Gasteiger partial charge in [0, 0.05) is 12.0 Å². The van der Waals surface area contributed by atoms with Crippen LogP contribution >= 0.6 is 0 Å². The zero-order valence-corrected chi connectivity index (χ0v) is 14.0. The molecule has 2 aromatic carbocycles. The van der Waals surface area contributed by atoms with Crippen LogP contribution in [0.5, 0.6) is 17.2 Å². The van der Waals surface area contributed by atoms with Crippen LogP contribution in [0.2, 0.25) is 0 Å². The van der Waals surface area contributed by atoms with Gasteiger partial charge in [-0.1, -0.05) is 18.2 Å². The minimum absolute atomic E-state index is 0.136. The van der Waals surface area contributed by atoms with Crippen LogP contribution in [0.3, 0.4) is 0 Å². The summed E-state index contributed by atoms with van der Waals surface area (Å²) in [7, 11) is 3.22.